The highest BCUT2D eigenvalue weighted by molar-refractivity contribution is 7.92. The number of hydrogen-bond acceptors (Lipinski definition) is 6. The van der Waals surface area contributed by atoms with Crippen LogP contribution in [-0.4, -0.2) is 56.5 Å². The van der Waals surface area contributed by atoms with Gasteiger partial charge in [-0.2, -0.15) is 0 Å². The molecule has 44 heavy (non-hydrogen) atoms. The Bertz CT molecular complexity index is 1610. The summed E-state index contributed by atoms with van der Waals surface area (Å²) < 4.78 is 54.1. The van der Waals surface area contributed by atoms with Gasteiger partial charge in [-0.1, -0.05) is 36.2 Å². The fraction of sp³-hybridized carbons (Fsp3) is 0.355. The fourth-order valence-electron chi connectivity index (χ4n) is 4.67. The van der Waals surface area contributed by atoms with Crippen molar-refractivity contribution in [2.75, 3.05) is 24.1 Å². The summed E-state index contributed by atoms with van der Waals surface area (Å²) in [7, 11) is -4.42. The van der Waals surface area contributed by atoms with Crippen LogP contribution in [0.1, 0.15) is 39.7 Å². The minimum Gasteiger partial charge on any atom is -0.486 e. The van der Waals surface area contributed by atoms with E-state index < -0.39 is 45.8 Å². The SMILES string of the molecule is CCC(C(=O)NC(C)(C)C)N(Cc1c(Cl)cccc1Cl)C(=O)CN(c1ccc(F)cc1)S(=O)(=O)c1ccc2c(c1)OCCO2. The van der Waals surface area contributed by atoms with Crippen LogP contribution < -0.4 is 19.1 Å². The number of nitrogens with one attached hydrogen (secondary N) is 1. The Morgan fingerprint density at radius 2 is 1.59 bits per heavy atom. The van der Waals surface area contributed by atoms with E-state index in [1.165, 1.54) is 35.2 Å². The normalized spacial score (nSPS) is 13.6. The third kappa shape index (κ3) is 7.75. The third-order valence-corrected chi connectivity index (χ3v) is 9.25. The summed E-state index contributed by atoms with van der Waals surface area (Å²) in [5.74, 6) is -1.10. The highest BCUT2D eigenvalue weighted by Gasteiger charge is 2.35. The van der Waals surface area contributed by atoms with Gasteiger partial charge in [-0.3, -0.25) is 13.9 Å². The molecule has 0 aliphatic carbocycles. The van der Waals surface area contributed by atoms with Gasteiger partial charge in [0.1, 0.15) is 31.6 Å². The number of sulfonamides is 1. The van der Waals surface area contributed by atoms with E-state index in [-0.39, 0.29) is 46.0 Å². The van der Waals surface area contributed by atoms with Crippen LogP contribution in [0.25, 0.3) is 0 Å². The largest absolute Gasteiger partial charge is 0.486 e. The number of benzene rings is 3. The lowest BCUT2D eigenvalue weighted by atomic mass is 10.1. The maximum absolute atomic E-state index is 14.2. The molecule has 3 aromatic carbocycles. The van der Waals surface area contributed by atoms with Gasteiger partial charge in [-0.05, 0) is 75.7 Å². The van der Waals surface area contributed by atoms with E-state index in [0.717, 1.165) is 16.4 Å². The van der Waals surface area contributed by atoms with Crippen LogP contribution in [0.5, 0.6) is 11.5 Å². The van der Waals surface area contributed by atoms with Crippen LogP contribution in [0.4, 0.5) is 10.1 Å². The van der Waals surface area contributed by atoms with Crippen molar-refractivity contribution in [2.45, 2.75) is 57.1 Å². The van der Waals surface area contributed by atoms with Crippen LogP contribution in [0.3, 0.4) is 0 Å². The zero-order chi connectivity index (χ0) is 32.2. The lowest BCUT2D eigenvalue weighted by molar-refractivity contribution is -0.141. The monoisotopic (exact) mass is 665 g/mol. The number of amides is 2. The molecule has 0 bridgehead atoms. The Labute approximate surface area is 266 Å². The molecular formula is C31H34Cl2FN3O6S. The van der Waals surface area contributed by atoms with Gasteiger partial charge in [-0.25, -0.2) is 12.8 Å². The zero-order valence-electron chi connectivity index (χ0n) is 24.8. The molecule has 0 fully saturated rings. The lowest BCUT2D eigenvalue weighted by Crippen LogP contribution is -2.55. The number of fused-ring (bicyclic) bond motifs is 1. The van der Waals surface area contributed by atoms with Gasteiger partial charge in [0.15, 0.2) is 11.5 Å². The summed E-state index contributed by atoms with van der Waals surface area (Å²) in [4.78, 5) is 28.8. The molecule has 0 spiro atoms. The second-order valence-corrected chi connectivity index (χ2v) is 13.9. The van der Waals surface area contributed by atoms with Crippen molar-refractivity contribution in [3.05, 3.63) is 82.1 Å². The predicted octanol–water partition coefficient (Wildman–Crippen LogP) is 5.82. The minimum atomic E-state index is -4.42. The van der Waals surface area contributed by atoms with Crippen molar-refractivity contribution >= 4 is 50.7 Å². The third-order valence-electron chi connectivity index (χ3n) is 6.77. The Morgan fingerprint density at radius 3 is 2.18 bits per heavy atom. The summed E-state index contributed by atoms with van der Waals surface area (Å²) in [6.07, 6.45) is 0.210. The first-order valence-electron chi connectivity index (χ1n) is 13.9. The first-order valence-corrected chi connectivity index (χ1v) is 16.1. The molecule has 3 aromatic rings. The molecule has 0 saturated carbocycles. The van der Waals surface area contributed by atoms with E-state index >= 15 is 0 Å². The average Bonchev–Trinajstić information content (AvgIpc) is 2.96. The van der Waals surface area contributed by atoms with E-state index in [0.29, 0.717) is 17.9 Å². The Balaban J connectivity index is 1.78. The van der Waals surface area contributed by atoms with Crippen LogP contribution >= 0.6 is 23.2 Å². The van der Waals surface area contributed by atoms with Crippen LogP contribution in [0.2, 0.25) is 10.0 Å². The van der Waals surface area contributed by atoms with Crippen molar-refractivity contribution in [1.29, 1.82) is 0 Å². The van der Waals surface area contributed by atoms with Gasteiger partial charge in [0.25, 0.3) is 10.0 Å². The Kier molecular flexibility index (Phi) is 10.3. The maximum atomic E-state index is 14.2. The first kappa shape index (κ1) is 33.4. The second kappa shape index (κ2) is 13.6. The van der Waals surface area contributed by atoms with Crippen LogP contribution in [0.15, 0.2) is 65.6 Å². The van der Waals surface area contributed by atoms with E-state index in [9.17, 15) is 22.4 Å². The van der Waals surface area contributed by atoms with Gasteiger partial charge in [0.05, 0.1) is 10.6 Å². The molecule has 0 saturated heterocycles. The van der Waals surface area contributed by atoms with Gasteiger partial charge >= 0.3 is 0 Å². The molecule has 236 valence electrons. The fourth-order valence-corrected chi connectivity index (χ4v) is 6.62. The summed E-state index contributed by atoms with van der Waals surface area (Å²) in [6.45, 7) is 6.84. The molecule has 0 radical (unpaired) electrons. The number of halogens is 3. The minimum absolute atomic E-state index is 0.0394. The van der Waals surface area contributed by atoms with E-state index in [2.05, 4.69) is 5.32 Å². The van der Waals surface area contributed by atoms with Gasteiger partial charge in [-0.15, -0.1) is 0 Å². The van der Waals surface area contributed by atoms with Gasteiger partial charge in [0.2, 0.25) is 11.8 Å². The number of hydrogen-bond donors (Lipinski definition) is 1. The molecule has 1 aliphatic rings. The van der Waals surface area contributed by atoms with Crippen molar-refractivity contribution in [2.24, 2.45) is 0 Å². The molecule has 1 N–H and O–H groups in total. The number of carbonyl (C=O) groups is 2. The van der Waals surface area contributed by atoms with Crippen molar-refractivity contribution in [1.82, 2.24) is 10.2 Å². The number of rotatable bonds is 10. The standard InChI is InChI=1S/C31H34Cl2FN3O6S/c1-5-26(30(39)35-31(2,3)4)36(18-23-24(32)7-6-8-25(23)33)29(38)19-37(21-11-9-20(34)10-12-21)44(40,41)22-13-14-27-28(17-22)43-16-15-42-27/h6-14,17,26H,5,15-16,18-19H2,1-4H3,(H,35,39). The predicted molar refractivity (Wildman–Crippen MR) is 167 cm³/mol. The second-order valence-electron chi connectivity index (χ2n) is 11.2. The highest BCUT2D eigenvalue weighted by Crippen LogP contribution is 2.35. The highest BCUT2D eigenvalue weighted by atomic mass is 35.5. The summed E-state index contributed by atoms with van der Waals surface area (Å²) in [6, 6.07) is 12.7. The summed E-state index contributed by atoms with van der Waals surface area (Å²) in [5, 5.41) is 3.46. The van der Waals surface area contributed by atoms with Gasteiger partial charge < -0.3 is 19.7 Å². The number of anilines is 1. The quantitative estimate of drug-likeness (QED) is 0.293. The van der Waals surface area contributed by atoms with E-state index in [1.807, 2.05) is 20.8 Å². The van der Waals surface area contributed by atoms with Gasteiger partial charge in [0, 0.05) is 33.8 Å². The van der Waals surface area contributed by atoms with E-state index in [1.54, 1.807) is 25.1 Å². The molecular weight excluding hydrogens is 632 g/mol. The maximum Gasteiger partial charge on any atom is 0.264 e. The Morgan fingerprint density at radius 1 is 0.977 bits per heavy atom. The summed E-state index contributed by atoms with van der Waals surface area (Å²) >= 11 is 12.9. The molecule has 4 rings (SSSR count). The van der Waals surface area contributed by atoms with Crippen LogP contribution in [0, 0.1) is 5.82 Å². The smallest absolute Gasteiger partial charge is 0.264 e. The molecule has 9 nitrogen and oxygen atoms in total. The van der Waals surface area contributed by atoms with Crippen molar-refractivity contribution in [3.63, 3.8) is 0 Å². The molecule has 13 heteroatoms. The molecule has 1 aliphatic heterocycles. The molecule has 1 heterocycles. The van der Waals surface area contributed by atoms with Crippen molar-refractivity contribution < 1.29 is 31.9 Å². The molecule has 1 atom stereocenters. The first-order chi connectivity index (χ1) is 20.7. The number of nitrogens with zero attached hydrogens (tertiary/aromatic N) is 2. The lowest BCUT2D eigenvalue weighted by Gasteiger charge is -2.35. The Hall–Kier alpha value is -3.54. The molecule has 1 unspecified atom stereocenters. The number of ether oxygens (including phenoxy) is 2. The molecule has 0 aromatic heterocycles. The number of carbonyl (C=O) groups excluding carboxylic acids is 2. The average molecular weight is 667 g/mol. The van der Waals surface area contributed by atoms with Crippen LogP contribution in [-0.2, 0) is 26.2 Å². The topological polar surface area (TPSA) is 105 Å². The van der Waals surface area contributed by atoms with Crippen molar-refractivity contribution in [3.8, 4) is 11.5 Å². The molecule has 2 amide bonds. The van der Waals surface area contributed by atoms with E-state index in [4.69, 9.17) is 32.7 Å². The zero-order valence-corrected chi connectivity index (χ0v) is 27.1. The summed E-state index contributed by atoms with van der Waals surface area (Å²) in [5.41, 5.74) is -0.171.